The zero-order chi connectivity index (χ0) is 12.6. The Morgan fingerprint density at radius 1 is 1.35 bits per heavy atom. The molecule has 0 bridgehead atoms. The smallest absolute Gasteiger partial charge is 0.336 e. The van der Waals surface area contributed by atoms with Crippen LogP contribution in [0.2, 0.25) is 5.02 Å². The molecular formula is C12H13ClO4. The van der Waals surface area contributed by atoms with Crippen LogP contribution in [0.5, 0.6) is 11.5 Å². The number of ether oxygens (including phenoxy) is 2. The highest BCUT2D eigenvalue weighted by atomic mass is 35.5. The van der Waals surface area contributed by atoms with E-state index < -0.39 is 5.97 Å². The molecule has 0 unspecified atom stereocenters. The minimum Gasteiger partial charge on any atom is -0.486 e. The van der Waals surface area contributed by atoms with Crippen LogP contribution in [0.15, 0.2) is 6.07 Å². The summed E-state index contributed by atoms with van der Waals surface area (Å²) in [6, 6.07) is 1.42. The highest BCUT2D eigenvalue weighted by molar-refractivity contribution is 6.32. The predicted octanol–water partition coefficient (Wildman–Crippen LogP) is 2.93. The Morgan fingerprint density at radius 3 is 2.47 bits per heavy atom. The molecule has 0 fully saturated rings. The third-order valence-corrected chi connectivity index (χ3v) is 2.89. The molecule has 17 heavy (non-hydrogen) atoms. The molecule has 92 valence electrons. The number of fused-ring (bicyclic) bond motifs is 1. The van der Waals surface area contributed by atoms with Crippen molar-refractivity contribution in [2.75, 3.05) is 13.2 Å². The summed E-state index contributed by atoms with van der Waals surface area (Å²) in [7, 11) is 0. The Morgan fingerprint density at radius 2 is 1.94 bits per heavy atom. The maximum atomic E-state index is 11.2. The summed E-state index contributed by atoms with van der Waals surface area (Å²) < 4.78 is 10.9. The van der Waals surface area contributed by atoms with Gasteiger partial charge in [-0.2, -0.15) is 0 Å². The highest BCUT2D eigenvalue weighted by Gasteiger charge is 2.27. The number of benzene rings is 1. The van der Waals surface area contributed by atoms with E-state index >= 15 is 0 Å². The van der Waals surface area contributed by atoms with Crippen molar-refractivity contribution in [1.29, 1.82) is 0 Å². The summed E-state index contributed by atoms with van der Waals surface area (Å²) in [6.07, 6.45) is 0. The van der Waals surface area contributed by atoms with E-state index in [1.54, 1.807) is 0 Å². The first-order valence-electron chi connectivity index (χ1n) is 5.37. The SMILES string of the molecule is CC(C)c1c(C(=O)O)cc(Cl)c2c1OCCO2. The molecule has 0 saturated carbocycles. The van der Waals surface area contributed by atoms with Gasteiger partial charge < -0.3 is 14.6 Å². The monoisotopic (exact) mass is 256 g/mol. The Kier molecular flexibility index (Phi) is 3.15. The van der Waals surface area contributed by atoms with Gasteiger partial charge in [0.25, 0.3) is 0 Å². The summed E-state index contributed by atoms with van der Waals surface area (Å²) in [5.74, 6) is -0.0656. The fourth-order valence-corrected chi connectivity index (χ4v) is 2.19. The first-order valence-corrected chi connectivity index (χ1v) is 5.75. The van der Waals surface area contributed by atoms with Crippen LogP contribution in [-0.4, -0.2) is 24.3 Å². The van der Waals surface area contributed by atoms with Gasteiger partial charge in [-0.3, -0.25) is 0 Å². The topological polar surface area (TPSA) is 55.8 Å². The van der Waals surface area contributed by atoms with Crippen molar-refractivity contribution in [3.8, 4) is 11.5 Å². The van der Waals surface area contributed by atoms with E-state index in [1.165, 1.54) is 6.07 Å². The van der Waals surface area contributed by atoms with Gasteiger partial charge in [-0.05, 0) is 12.0 Å². The molecule has 1 aliphatic heterocycles. The van der Waals surface area contributed by atoms with Crippen LogP contribution in [0.25, 0.3) is 0 Å². The maximum absolute atomic E-state index is 11.2. The molecule has 0 aliphatic carbocycles. The first kappa shape index (κ1) is 12.0. The van der Waals surface area contributed by atoms with Crippen LogP contribution >= 0.6 is 11.6 Å². The number of hydrogen-bond donors (Lipinski definition) is 1. The van der Waals surface area contributed by atoms with Gasteiger partial charge in [-0.15, -0.1) is 0 Å². The van der Waals surface area contributed by atoms with Crippen molar-refractivity contribution < 1.29 is 19.4 Å². The third-order valence-electron chi connectivity index (χ3n) is 2.61. The van der Waals surface area contributed by atoms with E-state index in [-0.39, 0.29) is 16.5 Å². The molecule has 1 aromatic carbocycles. The molecule has 0 amide bonds. The molecule has 1 aliphatic rings. The van der Waals surface area contributed by atoms with E-state index in [0.29, 0.717) is 30.3 Å². The Bertz CT molecular complexity index is 468. The van der Waals surface area contributed by atoms with Gasteiger partial charge in [0, 0.05) is 5.56 Å². The second-order valence-corrected chi connectivity index (χ2v) is 4.54. The fraction of sp³-hybridized carbons (Fsp3) is 0.417. The minimum absolute atomic E-state index is 0.0221. The second kappa shape index (κ2) is 4.45. The van der Waals surface area contributed by atoms with E-state index in [0.717, 1.165) is 0 Å². The minimum atomic E-state index is -1.01. The highest BCUT2D eigenvalue weighted by Crippen LogP contribution is 2.44. The first-order chi connectivity index (χ1) is 8.02. The van der Waals surface area contributed by atoms with E-state index in [9.17, 15) is 9.90 Å². The lowest BCUT2D eigenvalue weighted by molar-refractivity contribution is 0.0693. The lowest BCUT2D eigenvalue weighted by Gasteiger charge is -2.24. The Balaban J connectivity index is 2.71. The Hall–Kier alpha value is -1.42. The van der Waals surface area contributed by atoms with Crippen LogP contribution in [0.3, 0.4) is 0 Å². The van der Waals surface area contributed by atoms with Gasteiger partial charge in [0.1, 0.15) is 13.2 Å². The number of halogens is 1. The second-order valence-electron chi connectivity index (χ2n) is 4.13. The van der Waals surface area contributed by atoms with Gasteiger partial charge in [-0.25, -0.2) is 4.79 Å². The van der Waals surface area contributed by atoms with Crippen LogP contribution < -0.4 is 9.47 Å². The summed E-state index contributed by atoms with van der Waals surface area (Å²) in [6.45, 7) is 4.66. The molecule has 1 aromatic rings. The van der Waals surface area contributed by atoms with Crippen molar-refractivity contribution in [3.63, 3.8) is 0 Å². The average molecular weight is 257 g/mol. The summed E-state index contributed by atoms with van der Waals surface area (Å²) in [5.41, 5.74) is 0.811. The lowest BCUT2D eigenvalue weighted by atomic mass is 9.95. The standard InChI is InChI=1S/C12H13ClO4/c1-6(2)9-7(12(14)15)5-8(13)10-11(9)17-4-3-16-10/h5-6H,3-4H2,1-2H3,(H,14,15). The predicted molar refractivity (Wildman–Crippen MR) is 63.5 cm³/mol. The third kappa shape index (κ3) is 2.05. The van der Waals surface area contributed by atoms with Crippen molar-refractivity contribution >= 4 is 17.6 Å². The molecule has 5 heteroatoms. The summed E-state index contributed by atoms with van der Waals surface area (Å²) >= 11 is 6.00. The van der Waals surface area contributed by atoms with Crippen LogP contribution in [0.1, 0.15) is 35.7 Å². The molecule has 1 heterocycles. The number of hydrogen-bond acceptors (Lipinski definition) is 3. The largest absolute Gasteiger partial charge is 0.486 e. The molecular weight excluding hydrogens is 244 g/mol. The molecule has 1 N–H and O–H groups in total. The van der Waals surface area contributed by atoms with Gasteiger partial charge >= 0.3 is 5.97 Å². The zero-order valence-corrected chi connectivity index (χ0v) is 10.4. The van der Waals surface area contributed by atoms with Crippen molar-refractivity contribution in [3.05, 3.63) is 22.2 Å². The lowest BCUT2D eigenvalue weighted by Crippen LogP contribution is -2.19. The molecule has 4 nitrogen and oxygen atoms in total. The van der Waals surface area contributed by atoms with Crippen molar-refractivity contribution in [2.45, 2.75) is 19.8 Å². The van der Waals surface area contributed by atoms with Crippen molar-refractivity contribution in [1.82, 2.24) is 0 Å². The molecule has 0 saturated heterocycles. The zero-order valence-electron chi connectivity index (χ0n) is 9.62. The summed E-state index contributed by atoms with van der Waals surface area (Å²) in [4.78, 5) is 11.2. The van der Waals surface area contributed by atoms with E-state index in [2.05, 4.69) is 0 Å². The maximum Gasteiger partial charge on any atom is 0.336 e. The number of carboxylic acids is 1. The quantitative estimate of drug-likeness (QED) is 0.884. The van der Waals surface area contributed by atoms with Gasteiger partial charge in [-0.1, -0.05) is 25.4 Å². The van der Waals surface area contributed by atoms with Gasteiger partial charge in [0.15, 0.2) is 11.5 Å². The van der Waals surface area contributed by atoms with E-state index in [1.807, 2.05) is 13.8 Å². The number of aromatic carboxylic acids is 1. The van der Waals surface area contributed by atoms with Crippen molar-refractivity contribution in [2.24, 2.45) is 0 Å². The van der Waals surface area contributed by atoms with E-state index in [4.69, 9.17) is 21.1 Å². The summed E-state index contributed by atoms with van der Waals surface area (Å²) in [5, 5.41) is 9.46. The van der Waals surface area contributed by atoms with Crippen LogP contribution in [0, 0.1) is 0 Å². The molecule has 0 radical (unpaired) electrons. The van der Waals surface area contributed by atoms with Gasteiger partial charge in [0.2, 0.25) is 0 Å². The molecule has 0 spiro atoms. The normalized spacial score (nSPS) is 13.9. The number of carbonyl (C=O) groups is 1. The fourth-order valence-electron chi connectivity index (χ4n) is 1.94. The number of carboxylic acid groups (broad SMARTS) is 1. The van der Waals surface area contributed by atoms with Crippen LogP contribution in [-0.2, 0) is 0 Å². The molecule has 0 aromatic heterocycles. The number of rotatable bonds is 2. The average Bonchev–Trinajstić information content (AvgIpc) is 2.28. The Labute approximate surface area is 104 Å². The molecule has 0 atom stereocenters. The molecule has 2 rings (SSSR count). The van der Waals surface area contributed by atoms with Gasteiger partial charge in [0.05, 0.1) is 10.6 Å². The van der Waals surface area contributed by atoms with Crippen LogP contribution in [0.4, 0.5) is 0 Å².